The SMILES string of the molecule is CNCC1(c2cccc(C)c2)CC2(CCCCC2)C1. The highest BCUT2D eigenvalue weighted by Crippen LogP contribution is 2.61. The van der Waals surface area contributed by atoms with E-state index in [1.165, 1.54) is 50.5 Å². The van der Waals surface area contributed by atoms with Gasteiger partial charge >= 0.3 is 0 Å². The normalized spacial score (nSPS) is 24.1. The van der Waals surface area contributed by atoms with Gasteiger partial charge in [-0.25, -0.2) is 0 Å². The van der Waals surface area contributed by atoms with Crippen molar-refractivity contribution in [3.63, 3.8) is 0 Å². The Morgan fingerprint density at radius 2 is 1.84 bits per heavy atom. The molecule has 0 atom stereocenters. The third-order valence-electron chi connectivity index (χ3n) is 5.49. The molecule has 1 heteroatoms. The van der Waals surface area contributed by atoms with Gasteiger partial charge in [0.25, 0.3) is 0 Å². The van der Waals surface area contributed by atoms with E-state index in [2.05, 4.69) is 43.6 Å². The van der Waals surface area contributed by atoms with Crippen LogP contribution in [0.2, 0.25) is 0 Å². The number of rotatable bonds is 3. The van der Waals surface area contributed by atoms with Gasteiger partial charge in [-0.15, -0.1) is 0 Å². The molecule has 0 bridgehead atoms. The van der Waals surface area contributed by atoms with Crippen LogP contribution in [0, 0.1) is 12.3 Å². The second kappa shape index (κ2) is 4.94. The van der Waals surface area contributed by atoms with Gasteiger partial charge in [0.2, 0.25) is 0 Å². The summed E-state index contributed by atoms with van der Waals surface area (Å²) >= 11 is 0. The molecular weight excluding hydrogens is 230 g/mol. The third-order valence-corrected chi connectivity index (χ3v) is 5.49. The Labute approximate surface area is 117 Å². The van der Waals surface area contributed by atoms with Crippen LogP contribution in [0.15, 0.2) is 24.3 Å². The molecule has 19 heavy (non-hydrogen) atoms. The molecule has 2 aliphatic rings. The second-order valence-electron chi connectivity index (χ2n) is 7.09. The molecule has 1 aromatic carbocycles. The number of hydrogen-bond donors (Lipinski definition) is 1. The van der Waals surface area contributed by atoms with Crippen LogP contribution in [0.4, 0.5) is 0 Å². The highest BCUT2D eigenvalue weighted by Gasteiger charge is 2.54. The summed E-state index contributed by atoms with van der Waals surface area (Å²) in [5, 5.41) is 3.45. The first-order valence-electron chi connectivity index (χ1n) is 7.90. The Balaban J connectivity index is 1.82. The van der Waals surface area contributed by atoms with E-state index in [1.54, 1.807) is 5.56 Å². The van der Waals surface area contributed by atoms with Gasteiger partial charge in [0.15, 0.2) is 0 Å². The van der Waals surface area contributed by atoms with Crippen molar-refractivity contribution in [1.82, 2.24) is 5.32 Å². The van der Waals surface area contributed by atoms with E-state index in [0.29, 0.717) is 10.8 Å². The topological polar surface area (TPSA) is 12.0 Å². The largest absolute Gasteiger partial charge is 0.319 e. The Morgan fingerprint density at radius 3 is 2.47 bits per heavy atom. The first-order valence-corrected chi connectivity index (χ1v) is 7.90. The molecule has 3 rings (SSSR count). The van der Waals surface area contributed by atoms with Crippen molar-refractivity contribution in [1.29, 1.82) is 0 Å². The van der Waals surface area contributed by atoms with E-state index in [1.807, 2.05) is 0 Å². The van der Waals surface area contributed by atoms with Gasteiger partial charge in [0.1, 0.15) is 0 Å². The summed E-state index contributed by atoms with van der Waals surface area (Å²) in [4.78, 5) is 0. The van der Waals surface area contributed by atoms with Crippen LogP contribution >= 0.6 is 0 Å². The van der Waals surface area contributed by atoms with Crippen LogP contribution in [0.3, 0.4) is 0 Å². The van der Waals surface area contributed by atoms with Crippen molar-refractivity contribution >= 4 is 0 Å². The molecular formula is C18H27N. The molecule has 1 aromatic rings. The van der Waals surface area contributed by atoms with Crippen LogP contribution < -0.4 is 5.32 Å². The molecule has 1 spiro atoms. The zero-order valence-corrected chi connectivity index (χ0v) is 12.5. The summed E-state index contributed by atoms with van der Waals surface area (Å²) < 4.78 is 0. The van der Waals surface area contributed by atoms with E-state index in [4.69, 9.17) is 0 Å². The van der Waals surface area contributed by atoms with Crippen LogP contribution in [-0.2, 0) is 5.41 Å². The molecule has 0 aliphatic heterocycles. The lowest BCUT2D eigenvalue weighted by atomic mass is 9.46. The molecule has 1 nitrogen and oxygen atoms in total. The molecule has 0 amide bonds. The van der Waals surface area contributed by atoms with Crippen molar-refractivity contribution < 1.29 is 0 Å². The van der Waals surface area contributed by atoms with Gasteiger partial charge < -0.3 is 5.32 Å². The summed E-state index contributed by atoms with van der Waals surface area (Å²) in [5.74, 6) is 0. The van der Waals surface area contributed by atoms with Crippen molar-refractivity contribution in [2.45, 2.75) is 57.3 Å². The first-order chi connectivity index (χ1) is 9.18. The molecule has 104 valence electrons. The number of hydrogen-bond acceptors (Lipinski definition) is 1. The Morgan fingerprint density at radius 1 is 1.11 bits per heavy atom. The minimum Gasteiger partial charge on any atom is -0.319 e. The molecule has 0 radical (unpaired) electrons. The zero-order valence-electron chi connectivity index (χ0n) is 12.5. The molecule has 0 unspecified atom stereocenters. The van der Waals surface area contributed by atoms with Crippen molar-refractivity contribution in [3.8, 4) is 0 Å². The summed E-state index contributed by atoms with van der Waals surface area (Å²) in [7, 11) is 2.10. The van der Waals surface area contributed by atoms with Gasteiger partial charge in [0.05, 0.1) is 0 Å². The summed E-state index contributed by atoms with van der Waals surface area (Å²) in [6.45, 7) is 3.35. The van der Waals surface area contributed by atoms with Crippen molar-refractivity contribution in [2.24, 2.45) is 5.41 Å². The Hall–Kier alpha value is -0.820. The molecule has 2 saturated carbocycles. The van der Waals surface area contributed by atoms with E-state index in [0.717, 1.165) is 6.54 Å². The molecule has 0 saturated heterocycles. The second-order valence-corrected chi connectivity index (χ2v) is 7.09. The fraction of sp³-hybridized carbons (Fsp3) is 0.667. The Kier molecular flexibility index (Phi) is 3.42. The van der Waals surface area contributed by atoms with Gasteiger partial charge in [-0.1, -0.05) is 49.1 Å². The maximum Gasteiger partial charge on any atom is 0.00883 e. The predicted octanol–water partition coefficient (Wildman–Crippen LogP) is 4.20. The lowest BCUT2D eigenvalue weighted by Gasteiger charge is -2.59. The number of benzene rings is 1. The fourth-order valence-corrected chi connectivity index (χ4v) is 4.78. The van der Waals surface area contributed by atoms with Crippen LogP contribution in [-0.4, -0.2) is 13.6 Å². The number of aryl methyl sites for hydroxylation is 1. The minimum atomic E-state index is 0.415. The van der Waals surface area contributed by atoms with E-state index >= 15 is 0 Å². The van der Waals surface area contributed by atoms with E-state index in [9.17, 15) is 0 Å². The van der Waals surface area contributed by atoms with E-state index in [-0.39, 0.29) is 0 Å². The van der Waals surface area contributed by atoms with Crippen molar-refractivity contribution in [2.75, 3.05) is 13.6 Å². The molecule has 2 fully saturated rings. The monoisotopic (exact) mass is 257 g/mol. The van der Waals surface area contributed by atoms with E-state index < -0.39 is 0 Å². The summed E-state index contributed by atoms with van der Waals surface area (Å²) in [5.41, 5.74) is 4.08. The minimum absolute atomic E-state index is 0.415. The third kappa shape index (κ3) is 2.33. The highest BCUT2D eigenvalue weighted by molar-refractivity contribution is 5.34. The lowest BCUT2D eigenvalue weighted by molar-refractivity contribution is -0.0119. The maximum atomic E-state index is 3.45. The molecule has 1 N–H and O–H groups in total. The lowest BCUT2D eigenvalue weighted by Crippen LogP contribution is -2.55. The highest BCUT2D eigenvalue weighted by atomic mass is 14.8. The standard InChI is InChI=1S/C18H27N/c1-15-7-6-8-16(11-15)18(14-19-2)12-17(13-18)9-4-3-5-10-17/h6-8,11,19H,3-5,9-10,12-14H2,1-2H3. The van der Waals surface area contributed by atoms with Gasteiger partial charge in [-0.2, -0.15) is 0 Å². The average molecular weight is 257 g/mol. The quantitative estimate of drug-likeness (QED) is 0.856. The first kappa shape index (κ1) is 13.2. The van der Waals surface area contributed by atoms with Gasteiger partial charge in [0, 0.05) is 12.0 Å². The smallest absolute Gasteiger partial charge is 0.00883 e. The Bertz CT molecular complexity index is 435. The number of nitrogens with one attached hydrogen (secondary N) is 1. The maximum absolute atomic E-state index is 3.45. The average Bonchev–Trinajstić information content (AvgIpc) is 2.38. The summed E-state index contributed by atoms with van der Waals surface area (Å²) in [6.07, 6.45) is 10.2. The molecule has 2 aliphatic carbocycles. The fourth-order valence-electron chi connectivity index (χ4n) is 4.78. The van der Waals surface area contributed by atoms with Crippen LogP contribution in [0.1, 0.15) is 56.1 Å². The molecule has 0 heterocycles. The van der Waals surface area contributed by atoms with Crippen molar-refractivity contribution in [3.05, 3.63) is 35.4 Å². The predicted molar refractivity (Wildman–Crippen MR) is 81.5 cm³/mol. The van der Waals surface area contributed by atoms with Gasteiger partial charge in [-0.05, 0) is 50.6 Å². The summed E-state index contributed by atoms with van der Waals surface area (Å²) in [6, 6.07) is 9.20. The van der Waals surface area contributed by atoms with Crippen LogP contribution in [0.5, 0.6) is 0 Å². The van der Waals surface area contributed by atoms with Gasteiger partial charge in [-0.3, -0.25) is 0 Å². The zero-order chi connectivity index (χ0) is 13.3. The van der Waals surface area contributed by atoms with Crippen LogP contribution in [0.25, 0.3) is 0 Å². The molecule has 0 aromatic heterocycles. The number of likely N-dealkylation sites (N-methyl/N-ethyl adjacent to an activating group) is 1.